The van der Waals surface area contributed by atoms with Gasteiger partial charge in [-0.1, -0.05) is 23.9 Å². The van der Waals surface area contributed by atoms with E-state index in [9.17, 15) is 4.79 Å². The van der Waals surface area contributed by atoms with Gasteiger partial charge in [-0.3, -0.25) is 4.79 Å². The molecule has 1 aromatic heterocycles. The molecule has 0 fully saturated rings. The molecular weight excluding hydrogens is 400 g/mol. The predicted molar refractivity (Wildman–Crippen MR) is 118 cm³/mol. The first kappa shape index (κ1) is 21.7. The van der Waals surface area contributed by atoms with E-state index in [-0.39, 0.29) is 17.8 Å². The number of aryl methyl sites for hydroxylation is 2. The van der Waals surface area contributed by atoms with Gasteiger partial charge in [-0.05, 0) is 56.2 Å². The maximum atomic E-state index is 12.3. The van der Waals surface area contributed by atoms with Crippen LogP contribution in [-0.4, -0.2) is 33.5 Å². The number of anilines is 1. The van der Waals surface area contributed by atoms with Crippen molar-refractivity contribution in [1.82, 2.24) is 14.8 Å². The Morgan fingerprint density at radius 3 is 2.63 bits per heavy atom. The molecular formula is C22H26N4O3S. The summed E-state index contributed by atoms with van der Waals surface area (Å²) in [5, 5.41) is 12.0. The van der Waals surface area contributed by atoms with Gasteiger partial charge in [0.1, 0.15) is 11.5 Å². The maximum Gasteiger partial charge on any atom is 0.234 e. The molecule has 3 rings (SSSR count). The number of nitrogens with zero attached hydrogens (tertiary/aromatic N) is 3. The first-order chi connectivity index (χ1) is 14.4. The smallest absolute Gasteiger partial charge is 0.234 e. The summed E-state index contributed by atoms with van der Waals surface area (Å²) in [5.74, 6) is 2.24. The second-order valence-corrected chi connectivity index (χ2v) is 7.92. The number of hydrogen-bond donors (Lipinski definition) is 1. The van der Waals surface area contributed by atoms with Crippen LogP contribution in [0.4, 0.5) is 5.69 Å². The predicted octanol–water partition coefficient (Wildman–Crippen LogP) is 4.31. The number of methoxy groups -OCH3 is 1. The molecule has 0 spiro atoms. The number of hydrogen-bond acceptors (Lipinski definition) is 6. The molecule has 0 radical (unpaired) electrons. The summed E-state index contributed by atoms with van der Waals surface area (Å²) in [7, 11) is 3.48. The third-order valence-corrected chi connectivity index (χ3v) is 5.73. The number of aromatic nitrogens is 3. The molecule has 0 aliphatic rings. The van der Waals surface area contributed by atoms with Gasteiger partial charge in [0.15, 0.2) is 17.1 Å². The molecule has 1 amide bonds. The Morgan fingerprint density at radius 1 is 1.13 bits per heavy atom. The summed E-state index contributed by atoms with van der Waals surface area (Å²) < 4.78 is 13.0. The standard InChI is InChI=1S/C22H26N4O3S/c1-14-9-10-17(11-15(14)2)23-20(27)13-30-22-25-24-21(26(22)4)16(3)29-19-8-6-7-18(12-19)28-5/h6-12,16H,13H2,1-5H3,(H,23,27). The lowest BCUT2D eigenvalue weighted by Gasteiger charge is -2.14. The fourth-order valence-electron chi connectivity index (χ4n) is 2.88. The van der Waals surface area contributed by atoms with Gasteiger partial charge in [0.25, 0.3) is 0 Å². The van der Waals surface area contributed by atoms with Crippen molar-refractivity contribution in [2.24, 2.45) is 7.05 Å². The van der Waals surface area contributed by atoms with E-state index in [1.54, 1.807) is 7.11 Å². The average Bonchev–Trinajstić information content (AvgIpc) is 3.10. The van der Waals surface area contributed by atoms with Gasteiger partial charge in [0, 0.05) is 18.8 Å². The summed E-state index contributed by atoms with van der Waals surface area (Å²) in [5.41, 5.74) is 3.13. The van der Waals surface area contributed by atoms with Crippen LogP contribution in [0.1, 0.15) is 30.0 Å². The van der Waals surface area contributed by atoms with Crippen LogP contribution >= 0.6 is 11.8 Å². The van der Waals surface area contributed by atoms with Crippen molar-refractivity contribution in [3.63, 3.8) is 0 Å². The van der Waals surface area contributed by atoms with Gasteiger partial charge in [-0.25, -0.2) is 0 Å². The van der Waals surface area contributed by atoms with Crippen molar-refractivity contribution in [2.45, 2.75) is 32.0 Å². The number of rotatable bonds is 8. The van der Waals surface area contributed by atoms with Crippen LogP contribution in [-0.2, 0) is 11.8 Å². The molecule has 3 aromatic rings. The van der Waals surface area contributed by atoms with Gasteiger partial charge < -0.3 is 19.4 Å². The Morgan fingerprint density at radius 2 is 1.90 bits per heavy atom. The highest BCUT2D eigenvalue weighted by Gasteiger charge is 2.18. The fourth-order valence-corrected chi connectivity index (χ4v) is 3.60. The SMILES string of the molecule is COc1cccc(OC(C)c2nnc(SCC(=O)Nc3ccc(C)c(C)c3)n2C)c1. The van der Waals surface area contributed by atoms with E-state index in [1.807, 2.05) is 74.9 Å². The minimum atomic E-state index is -0.312. The minimum Gasteiger partial charge on any atom is -0.497 e. The van der Waals surface area contributed by atoms with Crippen molar-refractivity contribution in [3.05, 3.63) is 59.4 Å². The molecule has 1 atom stereocenters. The number of carbonyl (C=O) groups is 1. The van der Waals surface area contributed by atoms with Crippen molar-refractivity contribution in [3.8, 4) is 11.5 Å². The Kier molecular flexibility index (Phi) is 6.99. The van der Waals surface area contributed by atoms with Crippen molar-refractivity contribution in [2.75, 3.05) is 18.2 Å². The average molecular weight is 427 g/mol. The highest BCUT2D eigenvalue weighted by molar-refractivity contribution is 7.99. The molecule has 0 saturated heterocycles. The Balaban J connectivity index is 1.58. The highest BCUT2D eigenvalue weighted by Crippen LogP contribution is 2.26. The third kappa shape index (κ3) is 5.33. The normalized spacial score (nSPS) is 11.8. The van der Waals surface area contributed by atoms with Crippen LogP contribution in [0.15, 0.2) is 47.6 Å². The monoisotopic (exact) mass is 426 g/mol. The first-order valence-corrected chi connectivity index (χ1v) is 10.6. The minimum absolute atomic E-state index is 0.0894. The van der Waals surface area contributed by atoms with E-state index in [0.717, 1.165) is 17.0 Å². The molecule has 0 saturated carbocycles. The molecule has 8 heteroatoms. The summed E-state index contributed by atoms with van der Waals surface area (Å²) in [4.78, 5) is 12.3. The van der Waals surface area contributed by atoms with Gasteiger partial charge in [-0.2, -0.15) is 0 Å². The summed E-state index contributed by atoms with van der Waals surface area (Å²) >= 11 is 1.33. The van der Waals surface area contributed by atoms with Gasteiger partial charge in [0.2, 0.25) is 5.91 Å². The zero-order valence-electron chi connectivity index (χ0n) is 17.8. The number of nitrogens with one attached hydrogen (secondary N) is 1. The van der Waals surface area contributed by atoms with E-state index in [2.05, 4.69) is 15.5 Å². The van der Waals surface area contributed by atoms with E-state index in [0.29, 0.717) is 16.7 Å². The molecule has 1 N–H and O–H groups in total. The van der Waals surface area contributed by atoms with Crippen LogP contribution in [0.3, 0.4) is 0 Å². The molecule has 1 heterocycles. The Bertz CT molecular complexity index is 1030. The molecule has 0 bridgehead atoms. The van der Waals surface area contributed by atoms with Crippen LogP contribution < -0.4 is 14.8 Å². The number of amides is 1. The molecule has 158 valence electrons. The van der Waals surface area contributed by atoms with Crippen molar-refractivity contribution >= 4 is 23.4 Å². The van der Waals surface area contributed by atoms with Gasteiger partial charge in [-0.15, -0.1) is 10.2 Å². The molecule has 0 aliphatic heterocycles. The molecule has 30 heavy (non-hydrogen) atoms. The molecule has 0 aliphatic carbocycles. The second kappa shape index (κ2) is 9.67. The topological polar surface area (TPSA) is 78.3 Å². The zero-order valence-corrected chi connectivity index (χ0v) is 18.6. The first-order valence-electron chi connectivity index (χ1n) is 9.57. The zero-order chi connectivity index (χ0) is 21.7. The lowest BCUT2D eigenvalue weighted by Crippen LogP contribution is -2.15. The Hall–Kier alpha value is -3.00. The van der Waals surface area contributed by atoms with Crippen LogP contribution in [0, 0.1) is 13.8 Å². The highest BCUT2D eigenvalue weighted by atomic mass is 32.2. The summed E-state index contributed by atoms with van der Waals surface area (Å²) in [6, 6.07) is 13.3. The van der Waals surface area contributed by atoms with E-state index >= 15 is 0 Å². The van der Waals surface area contributed by atoms with E-state index < -0.39 is 0 Å². The number of carbonyl (C=O) groups excluding carboxylic acids is 1. The van der Waals surface area contributed by atoms with Gasteiger partial charge >= 0.3 is 0 Å². The third-order valence-electron chi connectivity index (χ3n) is 4.71. The van der Waals surface area contributed by atoms with Crippen LogP contribution in [0.2, 0.25) is 0 Å². The lowest BCUT2D eigenvalue weighted by atomic mass is 10.1. The quantitative estimate of drug-likeness (QED) is 0.541. The maximum absolute atomic E-state index is 12.3. The second-order valence-electron chi connectivity index (χ2n) is 6.97. The number of benzene rings is 2. The number of thioether (sulfide) groups is 1. The van der Waals surface area contributed by atoms with Crippen LogP contribution in [0.5, 0.6) is 11.5 Å². The van der Waals surface area contributed by atoms with Crippen LogP contribution in [0.25, 0.3) is 0 Å². The molecule has 1 unspecified atom stereocenters. The van der Waals surface area contributed by atoms with Crippen molar-refractivity contribution < 1.29 is 14.3 Å². The summed E-state index contributed by atoms with van der Waals surface area (Å²) in [6.45, 7) is 5.97. The van der Waals surface area contributed by atoms with Gasteiger partial charge in [0.05, 0.1) is 12.9 Å². The van der Waals surface area contributed by atoms with Crippen molar-refractivity contribution in [1.29, 1.82) is 0 Å². The number of ether oxygens (including phenoxy) is 2. The largest absolute Gasteiger partial charge is 0.497 e. The summed E-state index contributed by atoms with van der Waals surface area (Å²) in [6.07, 6.45) is -0.312. The van der Waals surface area contributed by atoms with E-state index in [1.165, 1.54) is 17.3 Å². The molecule has 7 nitrogen and oxygen atoms in total. The fraction of sp³-hybridized carbons (Fsp3) is 0.318. The van der Waals surface area contributed by atoms with E-state index in [4.69, 9.17) is 9.47 Å². The Labute approximate surface area is 180 Å². The molecule has 2 aromatic carbocycles. The lowest BCUT2D eigenvalue weighted by molar-refractivity contribution is -0.113.